The third kappa shape index (κ3) is 1.39. The summed E-state index contributed by atoms with van der Waals surface area (Å²) in [6.45, 7) is 0. The molecule has 2 aliphatic rings. The topological polar surface area (TPSA) is 58.9 Å². The van der Waals surface area contributed by atoms with Gasteiger partial charge in [-0.15, -0.1) is 0 Å². The molecular formula is C13H16O4. The fourth-order valence-electron chi connectivity index (χ4n) is 3.71. The van der Waals surface area contributed by atoms with Gasteiger partial charge in [-0.2, -0.15) is 0 Å². The van der Waals surface area contributed by atoms with Crippen LogP contribution in [0.5, 0.6) is 0 Å². The quantitative estimate of drug-likeness (QED) is 0.625. The van der Waals surface area contributed by atoms with Crippen molar-refractivity contribution in [2.24, 2.45) is 11.8 Å². The van der Waals surface area contributed by atoms with Crippen molar-refractivity contribution in [3.05, 3.63) is 35.9 Å². The zero-order chi connectivity index (χ0) is 11.9. The lowest BCUT2D eigenvalue weighted by Crippen LogP contribution is -2.47. The Kier molecular flexibility index (Phi) is 2.67. The molecule has 0 saturated heterocycles. The first kappa shape index (κ1) is 11.2. The lowest BCUT2D eigenvalue weighted by molar-refractivity contribution is -0.408. The number of fused-ring (bicyclic) bond motifs is 2. The Balaban J connectivity index is 2.07. The maximum atomic E-state index is 9.40. The second-order valence-electron chi connectivity index (χ2n) is 5.05. The van der Waals surface area contributed by atoms with Crippen LogP contribution < -0.4 is 0 Å². The molecule has 0 radical (unpaired) electrons. The Morgan fingerprint density at radius 2 is 1.88 bits per heavy atom. The van der Waals surface area contributed by atoms with Crippen LogP contribution in [0.25, 0.3) is 0 Å². The summed E-state index contributed by atoms with van der Waals surface area (Å²) in [5.41, 5.74) is -0.0346. The van der Waals surface area contributed by atoms with Gasteiger partial charge in [-0.3, -0.25) is 10.5 Å². The van der Waals surface area contributed by atoms with Crippen LogP contribution in [0.15, 0.2) is 30.3 Å². The van der Waals surface area contributed by atoms with Crippen LogP contribution in [0.2, 0.25) is 0 Å². The van der Waals surface area contributed by atoms with Crippen molar-refractivity contribution in [1.29, 1.82) is 0 Å². The zero-order valence-electron chi connectivity index (χ0n) is 9.45. The average Bonchev–Trinajstić information content (AvgIpc) is 2.98. The molecule has 1 aromatic carbocycles. The van der Waals surface area contributed by atoms with Crippen molar-refractivity contribution in [3.8, 4) is 0 Å². The van der Waals surface area contributed by atoms with E-state index in [1.165, 1.54) is 0 Å². The van der Waals surface area contributed by atoms with Crippen molar-refractivity contribution < 1.29 is 20.3 Å². The molecule has 2 N–H and O–H groups in total. The van der Waals surface area contributed by atoms with E-state index in [-0.39, 0.29) is 11.8 Å². The highest BCUT2D eigenvalue weighted by molar-refractivity contribution is 5.29. The van der Waals surface area contributed by atoms with Crippen molar-refractivity contribution in [2.45, 2.75) is 31.0 Å². The molecular weight excluding hydrogens is 220 g/mol. The average molecular weight is 236 g/mol. The van der Waals surface area contributed by atoms with Crippen LogP contribution in [-0.4, -0.2) is 16.6 Å². The summed E-state index contributed by atoms with van der Waals surface area (Å²) in [4.78, 5) is 9.46. The first-order chi connectivity index (χ1) is 8.32. The maximum absolute atomic E-state index is 9.40. The van der Waals surface area contributed by atoms with E-state index in [1.807, 2.05) is 30.3 Å². The number of hydrogen-bond donors (Lipinski definition) is 2. The van der Waals surface area contributed by atoms with Gasteiger partial charge in [0.25, 0.3) is 0 Å². The summed E-state index contributed by atoms with van der Waals surface area (Å²) in [7, 11) is 0. The first-order valence-corrected chi connectivity index (χ1v) is 6.01. The van der Waals surface area contributed by atoms with E-state index in [1.54, 1.807) is 0 Å². The molecule has 4 atom stereocenters. The summed E-state index contributed by atoms with van der Waals surface area (Å²) < 4.78 is 0. The van der Waals surface area contributed by atoms with E-state index >= 15 is 0 Å². The highest BCUT2D eigenvalue weighted by Gasteiger charge is 2.62. The minimum Gasteiger partial charge on any atom is -0.251 e. The van der Waals surface area contributed by atoms with Gasteiger partial charge in [-0.05, 0) is 36.7 Å². The molecule has 2 fully saturated rings. The van der Waals surface area contributed by atoms with Crippen molar-refractivity contribution in [1.82, 2.24) is 0 Å². The molecule has 0 aromatic heterocycles. The molecule has 0 spiro atoms. The van der Waals surface area contributed by atoms with Gasteiger partial charge in [0.15, 0.2) is 5.60 Å². The second kappa shape index (κ2) is 4.07. The van der Waals surface area contributed by atoms with Crippen LogP contribution in [0.4, 0.5) is 0 Å². The Labute approximate surface area is 99.6 Å². The van der Waals surface area contributed by atoms with Gasteiger partial charge in [-0.1, -0.05) is 30.3 Å². The van der Waals surface area contributed by atoms with Crippen LogP contribution in [0, 0.1) is 11.8 Å². The van der Waals surface area contributed by atoms with Gasteiger partial charge < -0.3 is 0 Å². The lowest BCUT2D eigenvalue weighted by Gasteiger charge is -2.39. The summed E-state index contributed by atoms with van der Waals surface area (Å²) in [5.74, 6) is 0.467. The smallest absolute Gasteiger partial charge is 0.160 e. The van der Waals surface area contributed by atoms with E-state index in [4.69, 9.17) is 10.1 Å². The van der Waals surface area contributed by atoms with Gasteiger partial charge in [0.1, 0.15) is 6.10 Å². The molecule has 92 valence electrons. The van der Waals surface area contributed by atoms with E-state index in [9.17, 15) is 5.26 Å². The van der Waals surface area contributed by atoms with Gasteiger partial charge in [0.05, 0.1) is 0 Å². The number of rotatable bonds is 3. The molecule has 2 bridgehead atoms. The Morgan fingerprint density at radius 1 is 1.12 bits per heavy atom. The number of benzene rings is 1. The van der Waals surface area contributed by atoms with Crippen LogP contribution >= 0.6 is 0 Å². The fourth-order valence-corrected chi connectivity index (χ4v) is 3.71. The molecule has 2 aliphatic carbocycles. The third-order valence-electron chi connectivity index (χ3n) is 4.42. The largest absolute Gasteiger partial charge is 0.251 e. The number of hydrogen-bond acceptors (Lipinski definition) is 4. The Hall–Kier alpha value is -0.940. The second-order valence-corrected chi connectivity index (χ2v) is 5.05. The molecule has 0 heterocycles. The monoisotopic (exact) mass is 236 g/mol. The van der Waals surface area contributed by atoms with E-state index < -0.39 is 11.7 Å². The predicted molar refractivity (Wildman–Crippen MR) is 60.2 cm³/mol. The molecule has 1 aromatic rings. The SMILES string of the molecule is OO[C@@H]1[C@H]2CC[C@H](C2)[C@@]1(OO)c1ccccc1. The molecule has 2 saturated carbocycles. The minimum absolute atomic E-state index is 0.206. The first-order valence-electron chi connectivity index (χ1n) is 6.01. The summed E-state index contributed by atoms with van der Waals surface area (Å²) in [5, 5.41) is 18.5. The fraction of sp³-hybridized carbons (Fsp3) is 0.538. The zero-order valence-corrected chi connectivity index (χ0v) is 9.45. The van der Waals surface area contributed by atoms with Gasteiger partial charge in [-0.25, -0.2) is 9.78 Å². The third-order valence-corrected chi connectivity index (χ3v) is 4.42. The van der Waals surface area contributed by atoms with Crippen LogP contribution in [0.1, 0.15) is 24.8 Å². The summed E-state index contributed by atoms with van der Waals surface area (Å²) in [6.07, 6.45) is 2.47. The molecule has 0 aliphatic heterocycles. The molecule has 4 heteroatoms. The van der Waals surface area contributed by atoms with Crippen molar-refractivity contribution >= 4 is 0 Å². The van der Waals surface area contributed by atoms with E-state index in [0.29, 0.717) is 0 Å². The summed E-state index contributed by atoms with van der Waals surface area (Å²) in [6, 6.07) is 9.52. The Bertz CT molecular complexity index is 394. The summed E-state index contributed by atoms with van der Waals surface area (Å²) >= 11 is 0. The van der Waals surface area contributed by atoms with Crippen LogP contribution in [-0.2, 0) is 15.4 Å². The molecule has 4 nitrogen and oxygen atoms in total. The Morgan fingerprint density at radius 3 is 2.53 bits per heavy atom. The standard InChI is InChI=1S/C13H16O4/c14-16-12-9-6-7-11(8-9)13(12,17-15)10-4-2-1-3-5-10/h1-5,9,11-12,14-15H,6-8H2/t9-,11+,12+,13-/m0/s1. The van der Waals surface area contributed by atoms with Gasteiger partial charge in [0, 0.05) is 0 Å². The maximum Gasteiger partial charge on any atom is 0.160 e. The van der Waals surface area contributed by atoms with Crippen molar-refractivity contribution in [2.75, 3.05) is 0 Å². The van der Waals surface area contributed by atoms with Gasteiger partial charge >= 0.3 is 0 Å². The highest BCUT2D eigenvalue weighted by atomic mass is 17.1. The molecule has 0 amide bonds. The van der Waals surface area contributed by atoms with E-state index in [2.05, 4.69) is 4.89 Å². The molecule has 17 heavy (non-hydrogen) atoms. The predicted octanol–water partition coefficient (Wildman–Crippen LogP) is 2.66. The molecule has 0 unspecified atom stereocenters. The molecule has 3 rings (SSSR count). The lowest BCUT2D eigenvalue weighted by atomic mass is 9.77. The van der Waals surface area contributed by atoms with Crippen molar-refractivity contribution in [3.63, 3.8) is 0 Å². The van der Waals surface area contributed by atoms with Gasteiger partial charge in [0.2, 0.25) is 0 Å². The highest BCUT2D eigenvalue weighted by Crippen LogP contribution is 2.58. The van der Waals surface area contributed by atoms with Crippen LogP contribution in [0.3, 0.4) is 0 Å². The normalized spacial score (nSPS) is 39.8. The van der Waals surface area contributed by atoms with E-state index in [0.717, 1.165) is 24.8 Å². The minimum atomic E-state index is -0.904.